The minimum absolute atomic E-state index is 0.0249. The second kappa shape index (κ2) is 4.06. The molecule has 0 radical (unpaired) electrons. The highest BCUT2D eigenvalue weighted by Gasteiger charge is 2.44. The zero-order chi connectivity index (χ0) is 13.7. The summed E-state index contributed by atoms with van der Waals surface area (Å²) in [6, 6.07) is 1.85. The SMILES string of the molecule is CC1(O)CN(S(=O)(=O)c2cc(N)c(F)cc2Cl)C1. The number of anilines is 1. The third-order valence-electron chi connectivity index (χ3n) is 2.70. The number of nitrogens with two attached hydrogens (primary N) is 1. The number of benzene rings is 1. The summed E-state index contributed by atoms with van der Waals surface area (Å²) in [5.74, 6) is -0.769. The van der Waals surface area contributed by atoms with Crippen LogP contribution < -0.4 is 5.73 Å². The van der Waals surface area contributed by atoms with E-state index in [4.69, 9.17) is 17.3 Å². The van der Waals surface area contributed by atoms with Gasteiger partial charge in [0.05, 0.1) is 16.3 Å². The van der Waals surface area contributed by atoms with Crippen LogP contribution in [0.3, 0.4) is 0 Å². The predicted molar refractivity (Wildman–Crippen MR) is 65.2 cm³/mol. The van der Waals surface area contributed by atoms with Crippen molar-refractivity contribution in [1.29, 1.82) is 0 Å². The Hall–Kier alpha value is -0.890. The van der Waals surface area contributed by atoms with Crippen LogP contribution in [0.5, 0.6) is 0 Å². The van der Waals surface area contributed by atoms with E-state index in [9.17, 15) is 17.9 Å². The lowest BCUT2D eigenvalue weighted by Gasteiger charge is -2.42. The minimum Gasteiger partial charge on any atom is -0.396 e. The maximum absolute atomic E-state index is 13.1. The average Bonchev–Trinajstić information content (AvgIpc) is 2.19. The molecule has 0 aliphatic carbocycles. The second-order valence-electron chi connectivity index (χ2n) is 4.57. The summed E-state index contributed by atoms with van der Waals surface area (Å²) in [7, 11) is -3.85. The number of β-amino-alcohol motifs (C(OH)–C–C–N with tert-alkyl or cyclic N) is 1. The van der Waals surface area contributed by atoms with Crippen LogP contribution in [0.15, 0.2) is 17.0 Å². The van der Waals surface area contributed by atoms with Gasteiger partial charge in [0.25, 0.3) is 0 Å². The molecule has 1 saturated heterocycles. The molecule has 5 nitrogen and oxygen atoms in total. The lowest BCUT2D eigenvalue weighted by Crippen LogP contribution is -2.61. The van der Waals surface area contributed by atoms with Gasteiger partial charge >= 0.3 is 0 Å². The van der Waals surface area contributed by atoms with Gasteiger partial charge in [-0.15, -0.1) is 0 Å². The fraction of sp³-hybridized carbons (Fsp3) is 0.400. The third-order valence-corrected chi connectivity index (χ3v) is 4.96. The molecule has 1 aromatic carbocycles. The molecule has 1 aliphatic heterocycles. The highest BCUT2D eigenvalue weighted by atomic mass is 35.5. The molecule has 100 valence electrons. The van der Waals surface area contributed by atoms with Crippen molar-refractivity contribution in [3.05, 3.63) is 23.0 Å². The number of nitrogens with zero attached hydrogens (tertiary/aromatic N) is 1. The number of sulfonamides is 1. The van der Waals surface area contributed by atoms with Gasteiger partial charge in [0, 0.05) is 13.1 Å². The Morgan fingerprint density at radius 2 is 2.06 bits per heavy atom. The number of hydrogen-bond acceptors (Lipinski definition) is 4. The van der Waals surface area contributed by atoms with E-state index in [1.165, 1.54) is 6.92 Å². The Balaban J connectivity index is 2.40. The largest absolute Gasteiger partial charge is 0.396 e. The molecular weight excluding hydrogens is 283 g/mol. The van der Waals surface area contributed by atoms with Crippen LogP contribution in [0.25, 0.3) is 0 Å². The second-order valence-corrected chi connectivity index (χ2v) is 6.89. The van der Waals surface area contributed by atoms with Crippen molar-refractivity contribution in [3.8, 4) is 0 Å². The van der Waals surface area contributed by atoms with Gasteiger partial charge in [0.15, 0.2) is 0 Å². The first-order valence-corrected chi connectivity index (χ1v) is 6.92. The number of hydrogen-bond donors (Lipinski definition) is 2. The van der Waals surface area contributed by atoms with E-state index in [-0.39, 0.29) is 28.7 Å². The monoisotopic (exact) mass is 294 g/mol. The minimum atomic E-state index is -3.85. The summed E-state index contributed by atoms with van der Waals surface area (Å²) in [5, 5.41) is 9.31. The Kier molecular flexibility index (Phi) is 3.05. The van der Waals surface area contributed by atoms with Gasteiger partial charge in [0.1, 0.15) is 10.7 Å². The topological polar surface area (TPSA) is 83.6 Å². The molecule has 18 heavy (non-hydrogen) atoms. The maximum atomic E-state index is 13.1. The molecule has 0 aromatic heterocycles. The quantitative estimate of drug-likeness (QED) is 0.791. The lowest BCUT2D eigenvalue weighted by molar-refractivity contribution is -0.0426. The van der Waals surface area contributed by atoms with Gasteiger partial charge in [0.2, 0.25) is 10.0 Å². The van der Waals surface area contributed by atoms with Crippen molar-refractivity contribution in [3.63, 3.8) is 0 Å². The molecule has 0 saturated carbocycles. The summed E-state index contributed by atoms with van der Waals surface area (Å²) in [6.45, 7) is 1.48. The van der Waals surface area contributed by atoms with Crippen molar-refractivity contribution in [1.82, 2.24) is 4.31 Å². The lowest BCUT2D eigenvalue weighted by atomic mass is 10.0. The van der Waals surface area contributed by atoms with Crippen LogP contribution >= 0.6 is 11.6 Å². The zero-order valence-electron chi connectivity index (χ0n) is 9.52. The van der Waals surface area contributed by atoms with Crippen LogP contribution in [0.1, 0.15) is 6.92 Å². The standard InChI is InChI=1S/C10H12ClFN2O3S/c1-10(15)4-14(5-10)18(16,17)9-3-8(13)7(12)2-6(9)11/h2-3,15H,4-5,13H2,1H3. The van der Waals surface area contributed by atoms with E-state index in [0.29, 0.717) is 0 Å². The summed E-state index contributed by atoms with van der Waals surface area (Å²) in [5.41, 5.74) is 4.01. The van der Waals surface area contributed by atoms with Crippen LogP contribution in [0.4, 0.5) is 10.1 Å². The van der Waals surface area contributed by atoms with Gasteiger partial charge in [-0.05, 0) is 19.1 Å². The van der Waals surface area contributed by atoms with E-state index in [2.05, 4.69) is 0 Å². The zero-order valence-corrected chi connectivity index (χ0v) is 11.1. The first-order valence-electron chi connectivity index (χ1n) is 5.10. The Labute approximate surface area is 109 Å². The Bertz CT molecular complexity index is 595. The molecule has 1 aromatic rings. The summed E-state index contributed by atoms with van der Waals surface area (Å²) in [6.07, 6.45) is 0. The molecule has 1 aliphatic rings. The highest BCUT2D eigenvalue weighted by Crippen LogP contribution is 2.33. The van der Waals surface area contributed by atoms with Crippen LogP contribution in [-0.2, 0) is 10.0 Å². The van der Waals surface area contributed by atoms with E-state index in [0.717, 1.165) is 16.4 Å². The van der Waals surface area contributed by atoms with Gasteiger partial charge < -0.3 is 10.8 Å². The van der Waals surface area contributed by atoms with Crippen LogP contribution in [0.2, 0.25) is 5.02 Å². The first kappa shape index (κ1) is 13.5. The first-order chi connectivity index (χ1) is 8.13. The molecule has 3 N–H and O–H groups in total. The molecule has 0 unspecified atom stereocenters. The van der Waals surface area contributed by atoms with E-state index in [1.54, 1.807) is 0 Å². The molecule has 0 atom stereocenters. The predicted octanol–water partition coefficient (Wildman–Crippen LogP) is 0.817. The number of rotatable bonds is 2. The number of halogens is 2. The summed E-state index contributed by atoms with van der Waals surface area (Å²) in [4.78, 5) is -0.251. The van der Waals surface area contributed by atoms with E-state index in [1.807, 2.05) is 0 Å². The smallest absolute Gasteiger partial charge is 0.244 e. The van der Waals surface area contributed by atoms with Gasteiger partial charge in [-0.1, -0.05) is 11.6 Å². The maximum Gasteiger partial charge on any atom is 0.244 e. The van der Waals surface area contributed by atoms with Crippen molar-refractivity contribution >= 4 is 27.3 Å². The molecule has 0 amide bonds. The van der Waals surface area contributed by atoms with Gasteiger partial charge in [-0.25, -0.2) is 12.8 Å². The van der Waals surface area contributed by atoms with E-state index < -0.39 is 21.4 Å². The third kappa shape index (κ3) is 2.18. The summed E-state index contributed by atoms with van der Waals surface area (Å²) < 4.78 is 38.4. The van der Waals surface area contributed by atoms with Crippen molar-refractivity contribution in [2.24, 2.45) is 0 Å². The molecule has 8 heteroatoms. The number of nitrogen functional groups attached to an aromatic ring is 1. The fourth-order valence-corrected chi connectivity index (χ4v) is 3.96. The molecule has 2 rings (SSSR count). The molecule has 1 heterocycles. The van der Waals surface area contributed by atoms with Crippen molar-refractivity contribution in [2.75, 3.05) is 18.8 Å². The fourth-order valence-electron chi connectivity index (χ4n) is 1.77. The highest BCUT2D eigenvalue weighted by molar-refractivity contribution is 7.89. The van der Waals surface area contributed by atoms with Gasteiger partial charge in [-0.2, -0.15) is 4.31 Å². The van der Waals surface area contributed by atoms with Crippen LogP contribution in [0, 0.1) is 5.82 Å². The molecule has 1 fully saturated rings. The van der Waals surface area contributed by atoms with Crippen molar-refractivity contribution in [2.45, 2.75) is 17.4 Å². The Morgan fingerprint density at radius 1 is 1.50 bits per heavy atom. The molecule has 0 spiro atoms. The molecule has 0 bridgehead atoms. The number of aliphatic hydroxyl groups is 1. The van der Waals surface area contributed by atoms with Gasteiger partial charge in [-0.3, -0.25) is 0 Å². The average molecular weight is 295 g/mol. The van der Waals surface area contributed by atoms with E-state index >= 15 is 0 Å². The van der Waals surface area contributed by atoms with Crippen LogP contribution in [-0.4, -0.2) is 36.5 Å². The summed E-state index contributed by atoms with van der Waals surface area (Å²) >= 11 is 5.72. The molecular formula is C10H12ClFN2O3S. The van der Waals surface area contributed by atoms with Crippen molar-refractivity contribution < 1.29 is 17.9 Å². The Morgan fingerprint density at radius 3 is 2.56 bits per heavy atom. The normalized spacial score (nSPS) is 19.6.